The van der Waals surface area contributed by atoms with Gasteiger partial charge >= 0.3 is 5.97 Å². The molecule has 7 heteroatoms. The van der Waals surface area contributed by atoms with Crippen molar-refractivity contribution in [3.05, 3.63) is 83.3 Å². The highest BCUT2D eigenvalue weighted by Crippen LogP contribution is 2.22. The first-order valence-corrected chi connectivity index (χ1v) is 9.27. The van der Waals surface area contributed by atoms with Gasteiger partial charge in [-0.25, -0.2) is 14.8 Å². The fourth-order valence-electron chi connectivity index (χ4n) is 3.30. The van der Waals surface area contributed by atoms with Crippen LogP contribution in [0.15, 0.2) is 60.9 Å². The molecule has 1 aromatic heterocycles. The van der Waals surface area contributed by atoms with Gasteiger partial charge in [-0.2, -0.15) is 0 Å². The topological polar surface area (TPSA) is 84.4 Å². The number of nitrogens with zero attached hydrogens (tertiary/aromatic N) is 3. The van der Waals surface area contributed by atoms with Gasteiger partial charge in [0.15, 0.2) is 0 Å². The minimum atomic E-state index is -0.426. The molecule has 0 radical (unpaired) electrons. The lowest BCUT2D eigenvalue weighted by Crippen LogP contribution is -2.31. The van der Waals surface area contributed by atoms with Crippen LogP contribution in [0, 0.1) is 0 Å². The molecule has 3 aromatic rings. The third-order valence-corrected chi connectivity index (χ3v) is 4.89. The first-order valence-electron chi connectivity index (χ1n) is 9.27. The lowest BCUT2D eigenvalue weighted by atomic mass is 10.0. The highest BCUT2D eigenvalue weighted by molar-refractivity contribution is 6.03. The third-order valence-electron chi connectivity index (χ3n) is 4.89. The molecule has 0 fully saturated rings. The van der Waals surface area contributed by atoms with E-state index in [9.17, 15) is 9.59 Å². The summed E-state index contributed by atoms with van der Waals surface area (Å²) in [7, 11) is 1.32. The zero-order valence-electron chi connectivity index (χ0n) is 16.0. The Morgan fingerprint density at radius 1 is 1.00 bits per heavy atom. The molecule has 1 aliphatic rings. The van der Waals surface area contributed by atoms with Gasteiger partial charge in [0.2, 0.25) is 0 Å². The van der Waals surface area contributed by atoms with Crippen molar-refractivity contribution in [1.82, 2.24) is 9.97 Å². The Morgan fingerprint density at radius 2 is 1.76 bits per heavy atom. The second kappa shape index (κ2) is 8.10. The molecular formula is C22H20N4O3. The Kier molecular flexibility index (Phi) is 5.20. The van der Waals surface area contributed by atoms with Gasteiger partial charge in [0, 0.05) is 18.8 Å². The highest BCUT2D eigenvalue weighted by Gasteiger charge is 2.18. The van der Waals surface area contributed by atoms with Gasteiger partial charge in [-0.1, -0.05) is 24.3 Å². The van der Waals surface area contributed by atoms with E-state index < -0.39 is 5.97 Å². The fourth-order valence-corrected chi connectivity index (χ4v) is 3.30. The Hall–Kier alpha value is -3.74. The summed E-state index contributed by atoms with van der Waals surface area (Å²) in [5.74, 6) is -0.0398. The van der Waals surface area contributed by atoms with Crippen LogP contribution in [0.2, 0.25) is 0 Å². The predicted molar refractivity (Wildman–Crippen MR) is 109 cm³/mol. The number of nitrogens with one attached hydrogen (secondary N) is 1. The van der Waals surface area contributed by atoms with E-state index in [-0.39, 0.29) is 11.6 Å². The van der Waals surface area contributed by atoms with Gasteiger partial charge in [-0.3, -0.25) is 4.79 Å². The summed E-state index contributed by atoms with van der Waals surface area (Å²) >= 11 is 0. The Labute approximate surface area is 168 Å². The molecule has 2 aromatic carbocycles. The van der Waals surface area contributed by atoms with Crippen LogP contribution in [0.1, 0.15) is 32.0 Å². The van der Waals surface area contributed by atoms with Crippen molar-refractivity contribution in [1.29, 1.82) is 0 Å². The van der Waals surface area contributed by atoms with E-state index in [2.05, 4.69) is 43.1 Å². The number of fused-ring (bicyclic) bond motifs is 1. The van der Waals surface area contributed by atoms with E-state index >= 15 is 0 Å². The van der Waals surface area contributed by atoms with Crippen molar-refractivity contribution in [2.75, 3.05) is 23.9 Å². The Bertz CT molecular complexity index is 1030. The van der Waals surface area contributed by atoms with Crippen LogP contribution >= 0.6 is 0 Å². The number of aromatic nitrogens is 2. The summed E-state index contributed by atoms with van der Waals surface area (Å²) in [6.45, 7) is 1.65. The molecule has 2 heterocycles. The lowest BCUT2D eigenvalue weighted by Gasteiger charge is -2.29. The number of benzene rings is 2. The fraction of sp³-hybridized carbons (Fsp3) is 0.182. The van der Waals surface area contributed by atoms with Crippen LogP contribution in [0.25, 0.3) is 0 Å². The number of esters is 1. The summed E-state index contributed by atoms with van der Waals surface area (Å²) in [4.78, 5) is 34.7. The zero-order valence-corrected chi connectivity index (χ0v) is 16.0. The van der Waals surface area contributed by atoms with E-state index in [4.69, 9.17) is 0 Å². The number of hydrogen-bond acceptors (Lipinski definition) is 6. The number of methoxy groups -OCH3 is 1. The molecule has 1 N–H and O–H groups in total. The van der Waals surface area contributed by atoms with Crippen molar-refractivity contribution < 1.29 is 14.3 Å². The Balaban J connectivity index is 1.41. The van der Waals surface area contributed by atoms with Crippen LogP contribution in [-0.4, -0.2) is 35.5 Å². The lowest BCUT2D eigenvalue weighted by molar-refractivity contribution is 0.0600. The maximum atomic E-state index is 12.4. The normalized spacial score (nSPS) is 12.8. The SMILES string of the molecule is COC(=O)c1ccc(NC(=O)c2cnc(N3CCc4ccccc4C3)cn2)cc1. The predicted octanol–water partition coefficient (Wildman–Crippen LogP) is 3.08. The van der Waals surface area contributed by atoms with Crippen molar-refractivity contribution in [3.63, 3.8) is 0 Å². The number of carbonyl (C=O) groups excluding carboxylic acids is 2. The monoisotopic (exact) mass is 388 g/mol. The molecule has 4 rings (SSSR count). The molecule has 0 saturated carbocycles. The summed E-state index contributed by atoms with van der Waals surface area (Å²) in [6.07, 6.45) is 4.07. The summed E-state index contributed by atoms with van der Waals surface area (Å²) in [6, 6.07) is 14.8. The van der Waals surface area contributed by atoms with Gasteiger partial charge in [0.1, 0.15) is 11.5 Å². The zero-order chi connectivity index (χ0) is 20.2. The number of amides is 1. The van der Waals surface area contributed by atoms with Gasteiger partial charge in [0.05, 0.1) is 25.1 Å². The summed E-state index contributed by atoms with van der Waals surface area (Å²) < 4.78 is 4.66. The van der Waals surface area contributed by atoms with Gasteiger partial charge in [-0.05, 0) is 41.8 Å². The van der Waals surface area contributed by atoms with E-state index in [0.29, 0.717) is 11.3 Å². The molecule has 1 amide bonds. The van der Waals surface area contributed by atoms with Gasteiger partial charge < -0.3 is 15.0 Å². The molecule has 1 aliphatic heterocycles. The highest BCUT2D eigenvalue weighted by atomic mass is 16.5. The molecule has 0 saturated heterocycles. The second-order valence-electron chi connectivity index (χ2n) is 6.72. The second-order valence-corrected chi connectivity index (χ2v) is 6.72. The number of anilines is 2. The van der Waals surface area contributed by atoms with Crippen molar-refractivity contribution in [2.24, 2.45) is 0 Å². The average Bonchev–Trinajstić information content (AvgIpc) is 2.79. The van der Waals surface area contributed by atoms with Crippen LogP contribution in [0.5, 0.6) is 0 Å². The Morgan fingerprint density at radius 3 is 2.45 bits per heavy atom. The molecule has 0 bridgehead atoms. The molecule has 0 aliphatic carbocycles. The minimum Gasteiger partial charge on any atom is -0.465 e. The molecule has 0 spiro atoms. The molecule has 7 nitrogen and oxygen atoms in total. The van der Waals surface area contributed by atoms with Crippen LogP contribution in [-0.2, 0) is 17.7 Å². The van der Waals surface area contributed by atoms with Crippen LogP contribution < -0.4 is 10.2 Å². The number of rotatable bonds is 4. The van der Waals surface area contributed by atoms with Crippen LogP contribution in [0.3, 0.4) is 0 Å². The maximum absolute atomic E-state index is 12.4. The van der Waals surface area contributed by atoms with Crippen molar-refractivity contribution in [3.8, 4) is 0 Å². The van der Waals surface area contributed by atoms with Crippen LogP contribution in [0.4, 0.5) is 11.5 Å². The summed E-state index contributed by atoms with van der Waals surface area (Å²) in [5.41, 5.74) is 3.85. The summed E-state index contributed by atoms with van der Waals surface area (Å²) in [5, 5.41) is 2.75. The van der Waals surface area contributed by atoms with E-state index in [1.165, 1.54) is 24.4 Å². The van der Waals surface area contributed by atoms with Gasteiger partial charge in [-0.15, -0.1) is 0 Å². The van der Waals surface area contributed by atoms with Crippen molar-refractivity contribution >= 4 is 23.4 Å². The van der Waals surface area contributed by atoms with E-state index in [1.807, 2.05) is 6.07 Å². The molecular weight excluding hydrogens is 368 g/mol. The third kappa shape index (κ3) is 4.08. The number of ether oxygens (including phenoxy) is 1. The van der Waals surface area contributed by atoms with Gasteiger partial charge in [0.25, 0.3) is 5.91 Å². The standard InChI is InChI=1S/C22H20N4O3/c1-29-22(28)16-6-8-18(9-7-16)25-21(27)19-12-24-20(13-23-19)26-11-10-15-4-2-3-5-17(15)14-26/h2-9,12-13H,10-11,14H2,1H3,(H,25,27). The smallest absolute Gasteiger partial charge is 0.337 e. The first kappa shape index (κ1) is 18.6. The van der Waals surface area contributed by atoms with Crippen molar-refractivity contribution in [2.45, 2.75) is 13.0 Å². The van der Waals surface area contributed by atoms with E-state index in [1.54, 1.807) is 30.5 Å². The largest absolute Gasteiger partial charge is 0.465 e. The maximum Gasteiger partial charge on any atom is 0.337 e. The number of hydrogen-bond donors (Lipinski definition) is 1. The number of carbonyl (C=O) groups is 2. The molecule has 0 unspecified atom stereocenters. The molecule has 0 atom stereocenters. The first-order chi connectivity index (χ1) is 14.1. The minimum absolute atomic E-state index is 0.225. The molecule has 146 valence electrons. The molecule has 29 heavy (non-hydrogen) atoms. The average molecular weight is 388 g/mol. The van der Waals surface area contributed by atoms with E-state index in [0.717, 1.165) is 25.3 Å². The quantitative estimate of drug-likeness (QED) is 0.692.